The summed E-state index contributed by atoms with van der Waals surface area (Å²) >= 11 is 1.48. The number of aromatic nitrogens is 1. The molecule has 0 unspecified atom stereocenters. The fraction of sp³-hybridized carbons (Fsp3) is 0.409. The number of carbonyl (C=O) groups is 1. The third-order valence-corrected chi connectivity index (χ3v) is 7.30. The zero-order valence-electron chi connectivity index (χ0n) is 15.9. The number of aromatic hydroxyl groups is 1. The molecule has 1 aliphatic carbocycles. The van der Waals surface area contributed by atoms with Crippen LogP contribution in [0.2, 0.25) is 0 Å². The monoisotopic (exact) mass is 397 g/mol. The molecule has 4 heterocycles. The van der Waals surface area contributed by atoms with Crippen LogP contribution in [0.5, 0.6) is 5.88 Å². The highest BCUT2D eigenvalue weighted by Crippen LogP contribution is 2.47. The number of ether oxygens (including phenoxy) is 2. The van der Waals surface area contributed by atoms with E-state index in [1.165, 1.54) is 49.3 Å². The molecule has 0 atom stereocenters. The van der Waals surface area contributed by atoms with E-state index < -0.39 is 0 Å². The Morgan fingerprint density at radius 1 is 1.29 bits per heavy atom. The van der Waals surface area contributed by atoms with Gasteiger partial charge in [-0.2, -0.15) is 0 Å². The first-order valence-electron chi connectivity index (χ1n) is 9.85. The van der Waals surface area contributed by atoms with Crippen LogP contribution < -0.4 is 5.35 Å². The maximum Gasteiger partial charge on any atom is 0.344 e. The van der Waals surface area contributed by atoms with E-state index in [4.69, 9.17) is 9.47 Å². The first-order valence-corrected chi connectivity index (χ1v) is 10.7. The van der Waals surface area contributed by atoms with Crippen molar-refractivity contribution < 1.29 is 19.4 Å². The van der Waals surface area contributed by atoms with E-state index in [9.17, 15) is 9.90 Å². The van der Waals surface area contributed by atoms with Crippen LogP contribution in [0.15, 0.2) is 28.7 Å². The normalized spacial score (nSPS) is 20.0. The van der Waals surface area contributed by atoms with Crippen LogP contribution in [-0.4, -0.2) is 29.2 Å². The van der Waals surface area contributed by atoms with Crippen molar-refractivity contribution in [3.8, 4) is 5.88 Å². The molecular weight excluding hydrogens is 374 g/mol. The van der Waals surface area contributed by atoms with Crippen LogP contribution in [0.3, 0.4) is 0 Å². The zero-order valence-corrected chi connectivity index (χ0v) is 16.7. The van der Waals surface area contributed by atoms with Gasteiger partial charge in [-0.1, -0.05) is 37.1 Å². The van der Waals surface area contributed by atoms with Gasteiger partial charge >= 0.3 is 5.97 Å². The molecule has 1 N–H and O–H groups in total. The predicted octanol–water partition coefficient (Wildman–Crippen LogP) is 4.08. The highest BCUT2D eigenvalue weighted by Gasteiger charge is 2.32. The lowest BCUT2D eigenvalue weighted by Crippen LogP contribution is -2.15. The van der Waals surface area contributed by atoms with Crippen molar-refractivity contribution in [2.45, 2.75) is 44.4 Å². The second kappa shape index (κ2) is 6.92. The van der Waals surface area contributed by atoms with Gasteiger partial charge in [-0.25, -0.2) is 4.79 Å². The van der Waals surface area contributed by atoms with Crippen LogP contribution >= 0.6 is 11.8 Å². The standard InChI is InChI=1S/C22H23NO4S/c1-26-22(25)17-9-7-14-11-27-12-16-20(21(14)28-17)19(13-5-3-2-4-6-13)15-8-10-18(24)23(15)16/h8-10,12-13,24H,2-7,11H2,1H3. The van der Waals surface area contributed by atoms with Crippen molar-refractivity contribution in [3.63, 3.8) is 0 Å². The van der Waals surface area contributed by atoms with Gasteiger partial charge in [0.15, 0.2) is 5.88 Å². The molecular formula is C22H23NO4S. The molecule has 146 valence electrons. The fourth-order valence-corrected chi connectivity index (χ4v) is 5.91. The average molecular weight is 397 g/mol. The van der Waals surface area contributed by atoms with Crippen LogP contribution in [-0.2, 0) is 14.3 Å². The molecule has 0 aromatic carbocycles. The van der Waals surface area contributed by atoms with Gasteiger partial charge in [-0.3, -0.25) is 4.40 Å². The summed E-state index contributed by atoms with van der Waals surface area (Å²) in [7, 11) is 1.42. The second-order valence-corrected chi connectivity index (χ2v) is 8.70. The number of rotatable bonds is 2. The van der Waals surface area contributed by atoms with Gasteiger partial charge in [0, 0.05) is 16.5 Å². The number of methoxy groups -OCH3 is 1. The summed E-state index contributed by atoms with van der Waals surface area (Å²) in [4.78, 5) is 13.9. The maximum absolute atomic E-state index is 12.2. The summed E-state index contributed by atoms with van der Waals surface area (Å²) in [6.07, 6.45) is 10.4. The smallest absolute Gasteiger partial charge is 0.344 e. The predicted molar refractivity (Wildman–Crippen MR) is 110 cm³/mol. The van der Waals surface area contributed by atoms with E-state index in [2.05, 4.69) is 0 Å². The Hall–Kier alpha value is -2.34. The minimum atomic E-state index is -0.299. The molecule has 2 aromatic rings. The summed E-state index contributed by atoms with van der Waals surface area (Å²) in [6.45, 7) is 0.496. The van der Waals surface area contributed by atoms with Crippen molar-refractivity contribution in [1.82, 2.24) is 4.40 Å². The summed E-state index contributed by atoms with van der Waals surface area (Å²) < 4.78 is 12.7. The Balaban J connectivity index is 1.74. The maximum atomic E-state index is 12.2. The van der Waals surface area contributed by atoms with Gasteiger partial charge in [-0.05, 0) is 42.4 Å². The summed E-state index contributed by atoms with van der Waals surface area (Å²) in [5.74, 6) is 0.386. The van der Waals surface area contributed by atoms with Gasteiger partial charge in [0.25, 0.3) is 0 Å². The lowest BCUT2D eigenvalue weighted by Gasteiger charge is -2.25. The van der Waals surface area contributed by atoms with Crippen molar-refractivity contribution in [2.24, 2.45) is 0 Å². The third-order valence-electron chi connectivity index (χ3n) is 6.05. The van der Waals surface area contributed by atoms with Crippen molar-refractivity contribution in [3.05, 3.63) is 45.2 Å². The Bertz CT molecular complexity index is 1070. The van der Waals surface area contributed by atoms with E-state index >= 15 is 0 Å². The molecule has 1 saturated carbocycles. The van der Waals surface area contributed by atoms with E-state index in [-0.39, 0.29) is 11.8 Å². The number of hydrogen-bond acceptors (Lipinski definition) is 5. The van der Waals surface area contributed by atoms with Crippen LogP contribution in [0, 0.1) is 0 Å². The fourth-order valence-electron chi connectivity index (χ4n) is 4.75. The van der Waals surface area contributed by atoms with Gasteiger partial charge in [-0.15, -0.1) is 0 Å². The number of nitrogens with zero attached hydrogens (tertiary/aromatic N) is 1. The molecule has 5 nitrogen and oxygen atoms in total. The van der Waals surface area contributed by atoms with E-state index in [0.29, 0.717) is 23.9 Å². The molecule has 0 amide bonds. The Kier molecular flexibility index (Phi) is 4.38. The Morgan fingerprint density at radius 2 is 2.11 bits per heavy atom. The molecule has 2 aromatic heterocycles. The molecule has 0 bridgehead atoms. The Labute approximate surface area is 167 Å². The van der Waals surface area contributed by atoms with Gasteiger partial charge in [0.2, 0.25) is 0 Å². The molecule has 1 fully saturated rings. The molecule has 0 spiro atoms. The van der Waals surface area contributed by atoms with Gasteiger partial charge in [0.1, 0.15) is 12.9 Å². The Morgan fingerprint density at radius 3 is 2.89 bits per heavy atom. The number of hydrogen-bond donors (Lipinski definition) is 1. The van der Waals surface area contributed by atoms with Gasteiger partial charge in [0.05, 0.1) is 22.9 Å². The van der Waals surface area contributed by atoms with Crippen LogP contribution in [0.25, 0.3) is 16.7 Å². The number of thioether (sulfide) groups is 1. The molecule has 6 heteroatoms. The van der Waals surface area contributed by atoms with Crippen molar-refractivity contribution in [1.29, 1.82) is 0 Å². The zero-order chi connectivity index (χ0) is 19.3. The minimum absolute atomic E-state index is 0.224. The van der Waals surface area contributed by atoms with E-state index in [1.807, 2.05) is 16.5 Å². The lowest BCUT2D eigenvalue weighted by atomic mass is 9.82. The average Bonchev–Trinajstić information content (AvgIpc) is 3.20. The molecule has 2 aliphatic heterocycles. The molecule has 28 heavy (non-hydrogen) atoms. The number of allylic oxidation sites excluding steroid dienone is 1. The first kappa shape index (κ1) is 17.7. The summed E-state index contributed by atoms with van der Waals surface area (Å²) in [5.41, 5.74) is 4.66. The number of esters is 1. The van der Waals surface area contributed by atoms with Gasteiger partial charge < -0.3 is 14.6 Å². The second-order valence-electron chi connectivity index (χ2n) is 7.65. The molecule has 0 radical (unpaired) electrons. The number of fused-ring (bicyclic) bond motifs is 4. The van der Waals surface area contributed by atoms with Crippen molar-refractivity contribution in [2.75, 3.05) is 13.7 Å². The molecule has 5 rings (SSSR count). The quantitative estimate of drug-likeness (QED) is 0.774. The summed E-state index contributed by atoms with van der Waals surface area (Å²) in [6, 6.07) is 3.76. The topological polar surface area (TPSA) is 60.2 Å². The largest absolute Gasteiger partial charge is 0.495 e. The SMILES string of the molecule is COC(=O)C1=CCC2=C(S1)c1c(C3CCCCC3)c3ccc(O)n3c1=COC2. The number of carbonyl (C=O) groups excluding carboxylic acids is 1. The van der Waals surface area contributed by atoms with Crippen LogP contribution in [0.4, 0.5) is 0 Å². The molecule has 0 saturated heterocycles. The molecule has 3 aliphatic rings. The lowest BCUT2D eigenvalue weighted by molar-refractivity contribution is -0.135. The third kappa shape index (κ3) is 2.65. The minimum Gasteiger partial charge on any atom is -0.495 e. The van der Waals surface area contributed by atoms with Crippen LogP contribution in [0.1, 0.15) is 55.6 Å². The summed E-state index contributed by atoms with van der Waals surface area (Å²) in [5, 5.41) is 11.4. The highest BCUT2D eigenvalue weighted by molar-refractivity contribution is 8.12. The van der Waals surface area contributed by atoms with E-state index in [0.717, 1.165) is 34.2 Å². The highest BCUT2D eigenvalue weighted by atomic mass is 32.2. The first-order chi connectivity index (χ1) is 13.7. The van der Waals surface area contributed by atoms with Crippen molar-refractivity contribution >= 4 is 34.4 Å². The van der Waals surface area contributed by atoms with E-state index in [1.54, 1.807) is 12.3 Å².